The van der Waals surface area contributed by atoms with Crippen molar-refractivity contribution in [3.8, 4) is 5.69 Å². The Hall–Kier alpha value is -2.17. The molecule has 0 bridgehead atoms. The molecule has 0 aliphatic heterocycles. The molecule has 22 heavy (non-hydrogen) atoms. The molecule has 0 saturated heterocycles. The Bertz CT molecular complexity index is 770. The minimum absolute atomic E-state index is 0.547. The summed E-state index contributed by atoms with van der Waals surface area (Å²) in [6.45, 7) is 8.76. The quantitative estimate of drug-likeness (QED) is 0.727. The van der Waals surface area contributed by atoms with Crippen molar-refractivity contribution < 1.29 is 9.62 Å². The van der Waals surface area contributed by atoms with Crippen LogP contribution in [0.3, 0.4) is 0 Å². The highest BCUT2D eigenvalue weighted by molar-refractivity contribution is 5.81. The van der Waals surface area contributed by atoms with E-state index in [9.17, 15) is 0 Å². The molecule has 1 aromatic carbocycles. The van der Waals surface area contributed by atoms with Gasteiger partial charge in [0.1, 0.15) is 5.69 Å². The number of benzene rings is 1. The van der Waals surface area contributed by atoms with Crippen LogP contribution in [0.4, 0.5) is 0 Å². The highest BCUT2D eigenvalue weighted by Gasteiger charge is 2.15. The van der Waals surface area contributed by atoms with Gasteiger partial charge in [0.25, 0.3) is 0 Å². The average Bonchev–Trinajstić information content (AvgIpc) is 3.05. The van der Waals surface area contributed by atoms with Crippen LogP contribution in [0.2, 0.25) is 0 Å². The molecule has 116 valence electrons. The predicted molar refractivity (Wildman–Crippen MR) is 84.8 cm³/mol. The van der Waals surface area contributed by atoms with Crippen LogP contribution in [-0.2, 0) is 12.8 Å². The molecular weight excluding hydrogens is 276 g/mol. The van der Waals surface area contributed by atoms with Gasteiger partial charge in [-0.1, -0.05) is 32.9 Å². The average molecular weight is 299 g/mol. The highest BCUT2D eigenvalue weighted by Crippen LogP contribution is 2.23. The van der Waals surface area contributed by atoms with Crippen molar-refractivity contribution in [3.05, 3.63) is 35.8 Å². The van der Waals surface area contributed by atoms with Gasteiger partial charge in [-0.15, -0.1) is 0 Å². The van der Waals surface area contributed by atoms with E-state index in [-0.39, 0.29) is 0 Å². The number of aromatic amines is 1. The Morgan fingerprint density at radius 1 is 1.14 bits per heavy atom. The van der Waals surface area contributed by atoms with Gasteiger partial charge in [0.15, 0.2) is 11.8 Å². The summed E-state index contributed by atoms with van der Waals surface area (Å²) in [7, 11) is 0. The minimum Gasteiger partial charge on any atom is -0.356 e. The van der Waals surface area contributed by atoms with Gasteiger partial charge < -0.3 is 4.52 Å². The second-order valence-corrected chi connectivity index (χ2v) is 6.68. The Morgan fingerprint density at radius 3 is 2.64 bits per heavy atom. The summed E-state index contributed by atoms with van der Waals surface area (Å²) in [6, 6.07) is 6.04. The first kappa shape index (κ1) is 14.8. The summed E-state index contributed by atoms with van der Waals surface area (Å²) in [4.78, 5) is 1.81. The fourth-order valence-electron chi connectivity index (χ4n) is 2.61. The molecule has 0 amide bonds. The molecule has 1 N–H and O–H groups in total. The predicted octanol–water partition coefficient (Wildman–Crippen LogP) is 3.22. The molecule has 0 aliphatic carbocycles. The zero-order chi connectivity index (χ0) is 15.7. The van der Waals surface area contributed by atoms with Gasteiger partial charge in [-0.2, -0.15) is 5.10 Å². The van der Waals surface area contributed by atoms with E-state index < -0.39 is 0 Å². The summed E-state index contributed by atoms with van der Waals surface area (Å²) >= 11 is 0. The molecule has 0 aliphatic rings. The molecule has 0 spiro atoms. The third-order valence-corrected chi connectivity index (χ3v) is 3.57. The molecule has 3 rings (SSSR count). The van der Waals surface area contributed by atoms with E-state index in [1.807, 2.05) is 23.1 Å². The van der Waals surface area contributed by atoms with E-state index in [0.717, 1.165) is 40.9 Å². The van der Waals surface area contributed by atoms with Gasteiger partial charge in [0.2, 0.25) is 5.69 Å². The lowest BCUT2D eigenvalue weighted by atomic mass is 10.1. The highest BCUT2D eigenvalue weighted by atomic mass is 16.5. The third kappa shape index (κ3) is 3.03. The van der Waals surface area contributed by atoms with Crippen molar-refractivity contribution in [1.29, 1.82) is 0 Å². The molecule has 2 heterocycles. The number of nitrogens with zero attached hydrogens (tertiary/aromatic N) is 3. The van der Waals surface area contributed by atoms with Crippen molar-refractivity contribution in [1.82, 2.24) is 15.1 Å². The second-order valence-electron chi connectivity index (χ2n) is 6.68. The number of nitrogens with one attached hydrogen (secondary N) is 1. The Morgan fingerprint density at radius 2 is 1.91 bits per heavy atom. The van der Waals surface area contributed by atoms with Crippen LogP contribution in [0.15, 0.2) is 28.9 Å². The van der Waals surface area contributed by atoms with E-state index in [1.165, 1.54) is 0 Å². The standard InChI is InChI=1S/C17H22N4O/c1-11(2)7-13-10-18-21(19-13)14-5-6-17-15(9-14)16(20-22-17)8-12(3)4/h5-6,9-12H,7-8H2,1-4H3/p+1. The molecule has 0 unspecified atom stereocenters. The first-order valence-electron chi connectivity index (χ1n) is 7.88. The van der Waals surface area contributed by atoms with Crippen LogP contribution < -0.4 is 5.10 Å². The molecule has 0 atom stereocenters. The molecule has 0 saturated carbocycles. The van der Waals surface area contributed by atoms with E-state index in [0.29, 0.717) is 11.8 Å². The Balaban J connectivity index is 1.95. The molecular formula is C17H23N4O+. The second kappa shape index (κ2) is 5.91. The molecule has 0 fully saturated rings. The summed E-state index contributed by atoms with van der Waals surface area (Å²) in [5.41, 5.74) is 3.91. The van der Waals surface area contributed by atoms with Crippen molar-refractivity contribution >= 4 is 11.0 Å². The van der Waals surface area contributed by atoms with E-state index in [2.05, 4.69) is 49.1 Å². The van der Waals surface area contributed by atoms with Gasteiger partial charge in [0, 0.05) is 16.9 Å². The first-order chi connectivity index (χ1) is 10.5. The van der Waals surface area contributed by atoms with E-state index >= 15 is 0 Å². The van der Waals surface area contributed by atoms with Gasteiger partial charge in [-0.3, -0.25) is 0 Å². The Kier molecular flexibility index (Phi) is 3.96. The van der Waals surface area contributed by atoms with Crippen LogP contribution >= 0.6 is 0 Å². The number of fused-ring (bicyclic) bond motifs is 1. The molecule has 2 aromatic heterocycles. The Labute approximate surface area is 130 Å². The van der Waals surface area contributed by atoms with Gasteiger partial charge in [-0.25, -0.2) is 0 Å². The number of hydrogen-bond acceptors (Lipinski definition) is 3. The van der Waals surface area contributed by atoms with Crippen molar-refractivity contribution in [3.63, 3.8) is 0 Å². The molecule has 5 nitrogen and oxygen atoms in total. The summed E-state index contributed by atoms with van der Waals surface area (Å²) in [6.07, 6.45) is 3.85. The zero-order valence-corrected chi connectivity index (χ0v) is 13.6. The largest absolute Gasteiger partial charge is 0.356 e. The van der Waals surface area contributed by atoms with E-state index in [4.69, 9.17) is 4.52 Å². The maximum absolute atomic E-state index is 5.41. The normalized spacial score (nSPS) is 11.9. The number of aromatic nitrogens is 4. The molecule has 3 aromatic rings. The smallest absolute Gasteiger partial charge is 0.219 e. The lowest BCUT2D eigenvalue weighted by molar-refractivity contribution is -0.481. The summed E-state index contributed by atoms with van der Waals surface area (Å²) < 4.78 is 5.41. The van der Waals surface area contributed by atoms with Crippen molar-refractivity contribution in [2.24, 2.45) is 11.8 Å². The summed E-state index contributed by atoms with van der Waals surface area (Å²) in [5, 5.41) is 13.1. The third-order valence-electron chi connectivity index (χ3n) is 3.57. The van der Waals surface area contributed by atoms with Gasteiger partial charge in [0.05, 0.1) is 5.69 Å². The zero-order valence-electron chi connectivity index (χ0n) is 13.6. The van der Waals surface area contributed by atoms with Gasteiger partial charge in [-0.05, 0) is 41.3 Å². The maximum atomic E-state index is 5.41. The van der Waals surface area contributed by atoms with Gasteiger partial charge >= 0.3 is 0 Å². The van der Waals surface area contributed by atoms with Crippen LogP contribution in [0.25, 0.3) is 16.7 Å². The lowest BCUT2D eigenvalue weighted by Gasteiger charge is -2.00. The van der Waals surface area contributed by atoms with Crippen molar-refractivity contribution in [2.75, 3.05) is 0 Å². The number of H-pyrrole nitrogens is 1. The molecule has 5 heteroatoms. The maximum Gasteiger partial charge on any atom is 0.219 e. The summed E-state index contributed by atoms with van der Waals surface area (Å²) in [5.74, 6) is 1.14. The number of rotatable bonds is 5. The van der Waals surface area contributed by atoms with Crippen LogP contribution in [0.5, 0.6) is 0 Å². The fraction of sp³-hybridized carbons (Fsp3) is 0.471. The van der Waals surface area contributed by atoms with E-state index in [1.54, 1.807) is 0 Å². The lowest BCUT2D eigenvalue weighted by Crippen LogP contribution is -2.16. The monoisotopic (exact) mass is 299 g/mol. The minimum atomic E-state index is 0.547. The fourth-order valence-corrected chi connectivity index (χ4v) is 2.61. The molecule has 0 radical (unpaired) electrons. The van der Waals surface area contributed by atoms with Crippen LogP contribution in [0, 0.1) is 11.8 Å². The van der Waals surface area contributed by atoms with Crippen LogP contribution in [-0.4, -0.2) is 15.1 Å². The van der Waals surface area contributed by atoms with Crippen molar-refractivity contribution in [2.45, 2.75) is 40.5 Å². The first-order valence-corrected chi connectivity index (χ1v) is 7.88. The van der Waals surface area contributed by atoms with Crippen LogP contribution in [0.1, 0.15) is 39.1 Å². The number of hydrogen-bond donors (Lipinski definition) is 0. The SMILES string of the molecule is CC(C)Cc1c[nH+]n(-c2ccc3onc(CC(C)C)c3c2)n1. The topological polar surface area (TPSA) is 58.0 Å².